The molecule has 0 aromatic carbocycles. The monoisotopic (exact) mass is 528 g/mol. The van der Waals surface area contributed by atoms with Crippen molar-refractivity contribution < 1.29 is 13.2 Å². The van der Waals surface area contributed by atoms with Gasteiger partial charge < -0.3 is 9.64 Å². The molecule has 1 spiro atoms. The highest BCUT2D eigenvalue weighted by Crippen LogP contribution is 2.43. The number of hydrogen-bond donors (Lipinski definition) is 2. The Labute approximate surface area is 218 Å². The van der Waals surface area contributed by atoms with E-state index in [1.54, 1.807) is 10.5 Å². The molecule has 2 N–H and O–H groups in total. The van der Waals surface area contributed by atoms with E-state index >= 15 is 0 Å². The van der Waals surface area contributed by atoms with Crippen LogP contribution in [0.3, 0.4) is 0 Å². The third kappa shape index (κ3) is 4.63. The molecule has 1 saturated carbocycles. The lowest BCUT2D eigenvalue weighted by Gasteiger charge is -2.59. The highest BCUT2D eigenvalue weighted by atomic mass is 32.2. The summed E-state index contributed by atoms with van der Waals surface area (Å²) < 4.78 is 31.5. The summed E-state index contributed by atoms with van der Waals surface area (Å²) in [6.45, 7) is 8.97. The van der Waals surface area contributed by atoms with E-state index in [1.807, 2.05) is 19.3 Å². The number of hydrazine groups is 1. The molecule has 6 rings (SSSR count). The second kappa shape index (κ2) is 9.19. The van der Waals surface area contributed by atoms with Gasteiger partial charge in [0.2, 0.25) is 16.0 Å². The molecule has 3 aliphatic heterocycles. The zero-order valence-electron chi connectivity index (χ0n) is 21.9. The molecule has 0 bridgehead atoms. The third-order valence-corrected chi connectivity index (χ3v) is 9.82. The van der Waals surface area contributed by atoms with Gasteiger partial charge in [-0.3, -0.25) is 5.43 Å². The fraction of sp³-hybridized carbons (Fsp3) is 0.680. The van der Waals surface area contributed by atoms with Gasteiger partial charge in [0.1, 0.15) is 0 Å². The van der Waals surface area contributed by atoms with Crippen LogP contribution in [0.25, 0.3) is 0 Å². The molecule has 200 valence electrons. The van der Waals surface area contributed by atoms with Gasteiger partial charge in [0, 0.05) is 61.2 Å². The molecule has 3 saturated heterocycles. The molecular weight excluding hydrogens is 492 g/mol. The Hall–Kier alpha value is -2.25. The molecule has 4 unspecified atom stereocenters. The van der Waals surface area contributed by atoms with Crippen molar-refractivity contribution in [3.05, 3.63) is 41.0 Å². The average Bonchev–Trinajstić information content (AvgIpc) is 3.20. The van der Waals surface area contributed by atoms with E-state index in [9.17, 15) is 8.42 Å². The van der Waals surface area contributed by atoms with Gasteiger partial charge in [-0.1, -0.05) is 0 Å². The number of sulfonamides is 1. The first-order chi connectivity index (χ1) is 17.6. The minimum absolute atomic E-state index is 0.0274. The smallest absolute Gasteiger partial charge is 0.225 e. The molecule has 11 nitrogen and oxygen atoms in total. The lowest BCUT2D eigenvalue weighted by atomic mass is 9.74. The Kier molecular flexibility index (Phi) is 6.22. The molecule has 5 heterocycles. The van der Waals surface area contributed by atoms with Crippen LogP contribution in [0.2, 0.25) is 0 Å². The Morgan fingerprint density at radius 2 is 1.81 bits per heavy atom. The van der Waals surface area contributed by atoms with Gasteiger partial charge in [-0.05, 0) is 51.5 Å². The average molecular weight is 529 g/mol. The highest BCUT2D eigenvalue weighted by Gasteiger charge is 2.55. The third-order valence-electron chi connectivity index (χ3n) is 8.63. The molecule has 37 heavy (non-hydrogen) atoms. The van der Waals surface area contributed by atoms with Crippen LogP contribution < -0.4 is 15.8 Å². The van der Waals surface area contributed by atoms with Crippen LogP contribution in [-0.2, 0) is 14.8 Å². The zero-order chi connectivity index (χ0) is 25.9. The minimum Gasteiger partial charge on any atom is -0.370 e. The van der Waals surface area contributed by atoms with Crippen molar-refractivity contribution in [2.45, 2.75) is 64.3 Å². The summed E-state index contributed by atoms with van der Waals surface area (Å²) in [6.07, 6.45) is 10.1. The molecule has 4 aliphatic rings. The summed E-state index contributed by atoms with van der Waals surface area (Å²) in [7, 11) is -3.09. The van der Waals surface area contributed by atoms with Crippen LogP contribution >= 0.6 is 0 Å². The number of rotatable bonds is 6. The van der Waals surface area contributed by atoms with Crippen molar-refractivity contribution in [3.8, 4) is 0 Å². The number of aryl methyl sites for hydroxylation is 2. The number of aromatic nitrogens is 4. The summed E-state index contributed by atoms with van der Waals surface area (Å²) in [6, 6.07) is 0.530. The standard InChI is InChI=1S/C25H36N8O3S/c1-15-8-28-29-16(2)22(15)17(3)36-19-5-6-21-20(7-19)23(31-30-21)18-9-26-24(27-10-18)32-11-25(12-32)13-33(14-25)37(4,34)35/h8-10,17,19-21,23,30-31H,5-7,11-14H2,1-4H3/t17-,19?,20?,21?,23?/m1/s1. The van der Waals surface area contributed by atoms with Crippen molar-refractivity contribution in [1.29, 1.82) is 0 Å². The van der Waals surface area contributed by atoms with Crippen LogP contribution in [-0.4, -0.2) is 77.5 Å². The molecule has 1 aliphatic carbocycles. The Bertz CT molecular complexity index is 1240. The normalized spacial score (nSPS) is 30.0. The molecule has 2 aromatic rings. The highest BCUT2D eigenvalue weighted by molar-refractivity contribution is 7.88. The van der Waals surface area contributed by atoms with Crippen LogP contribution in [0.4, 0.5) is 5.95 Å². The van der Waals surface area contributed by atoms with Crippen LogP contribution in [0.1, 0.15) is 60.7 Å². The minimum atomic E-state index is -3.09. The van der Waals surface area contributed by atoms with Gasteiger partial charge in [0.05, 0.1) is 36.4 Å². The molecule has 4 fully saturated rings. The molecular formula is C25H36N8O3S. The molecule has 2 aromatic heterocycles. The number of anilines is 1. The van der Waals surface area contributed by atoms with Crippen molar-refractivity contribution in [2.75, 3.05) is 37.3 Å². The van der Waals surface area contributed by atoms with Gasteiger partial charge in [-0.15, -0.1) is 0 Å². The zero-order valence-corrected chi connectivity index (χ0v) is 22.7. The van der Waals surface area contributed by atoms with E-state index in [1.165, 1.54) is 6.26 Å². The number of fused-ring (bicyclic) bond motifs is 1. The Morgan fingerprint density at radius 1 is 1.08 bits per heavy atom. The molecule has 5 atom stereocenters. The first kappa shape index (κ1) is 25.1. The SMILES string of the molecule is Cc1cnnc(C)c1[C@@H](C)OC1CCC2NNC(c3cnc(N4CC5(C4)CN(S(C)(=O)=O)C5)nc3)C2C1. The summed E-state index contributed by atoms with van der Waals surface area (Å²) in [5.41, 5.74) is 11.3. The fourth-order valence-corrected chi connectivity index (χ4v) is 7.77. The first-order valence-electron chi connectivity index (χ1n) is 13.1. The van der Waals surface area contributed by atoms with Crippen molar-refractivity contribution in [1.82, 2.24) is 35.3 Å². The maximum atomic E-state index is 11.7. The van der Waals surface area contributed by atoms with Gasteiger partial charge in [-0.25, -0.2) is 28.1 Å². The van der Waals surface area contributed by atoms with Crippen LogP contribution in [0.15, 0.2) is 18.6 Å². The van der Waals surface area contributed by atoms with Gasteiger partial charge in [-0.2, -0.15) is 10.2 Å². The summed E-state index contributed by atoms with van der Waals surface area (Å²) in [5, 5.41) is 8.28. The van der Waals surface area contributed by atoms with E-state index in [0.29, 0.717) is 31.0 Å². The molecule has 0 radical (unpaired) electrons. The lowest BCUT2D eigenvalue weighted by Crippen LogP contribution is -2.73. The van der Waals surface area contributed by atoms with Gasteiger partial charge in [0.25, 0.3) is 0 Å². The predicted octanol–water partition coefficient (Wildman–Crippen LogP) is 1.43. The van der Waals surface area contributed by atoms with Crippen molar-refractivity contribution >= 4 is 16.0 Å². The largest absolute Gasteiger partial charge is 0.370 e. The number of ether oxygens (including phenoxy) is 1. The van der Waals surface area contributed by atoms with Crippen molar-refractivity contribution in [3.63, 3.8) is 0 Å². The second-order valence-electron chi connectivity index (χ2n) is 11.5. The number of nitrogens with zero attached hydrogens (tertiary/aromatic N) is 6. The predicted molar refractivity (Wildman–Crippen MR) is 138 cm³/mol. The summed E-state index contributed by atoms with van der Waals surface area (Å²) >= 11 is 0. The van der Waals surface area contributed by atoms with Crippen LogP contribution in [0, 0.1) is 25.2 Å². The van der Waals surface area contributed by atoms with E-state index < -0.39 is 10.0 Å². The van der Waals surface area contributed by atoms with Gasteiger partial charge >= 0.3 is 0 Å². The Balaban J connectivity index is 1.07. The second-order valence-corrected chi connectivity index (χ2v) is 13.5. The summed E-state index contributed by atoms with van der Waals surface area (Å²) in [5.74, 6) is 1.10. The first-order valence-corrected chi connectivity index (χ1v) is 14.9. The topological polar surface area (TPSA) is 125 Å². The Morgan fingerprint density at radius 3 is 2.49 bits per heavy atom. The molecule has 0 amide bonds. The maximum absolute atomic E-state index is 11.7. The quantitative estimate of drug-likeness (QED) is 0.569. The maximum Gasteiger partial charge on any atom is 0.225 e. The van der Waals surface area contributed by atoms with E-state index in [4.69, 9.17) is 4.74 Å². The lowest BCUT2D eigenvalue weighted by molar-refractivity contribution is -0.0377. The number of nitrogens with one attached hydrogen (secondary N) is 2. The van der Waals surface area contributed by atoms with E-state index in [-0.39, 0.29) is 23.7 Å². The summed E-state index contributed by atoms with van der Waals surface area (Å²) in [4.78, 5) is 11.5. The van der Waals surface area contributed by atoms with Gasteiger partial charge in [0.15, 0.2) is 0 Å². The van der Waals surface area contributed by atoms with Crippen molar-refractivity contribution in [2.24, 2.45) is 11.3 Å². The molecule has 12 heteroatoms. The van der Waals surface area contributed by atoms with E-state index in [0.717, 1.165) is 54.7 Å². The fourth-order valence-electron chi connectivity index (χ4n) is 6.75. The number of hydrogen-bond acceptors (Lipinski definition) is 10. The van der Waals surface area contributed by atoms with Crippen LogP contribution in [0.5, 0.6) is 0 Å². The van der Waals surface area contributed by atoms with E-state index in [2.05, 4.69) is 49.8 Å².